The first-order valence-corrected chi connectivity index (χ1v) is 8.16. The minimum absolute atomic E-state index is 0.0815. The Morgan fingerprint density at radius 3 is 2.50 bits per heavy atom. The van der Waals surface area contributed by atoms with Crippen molar-refractivity contribution in [3.05, 3.63) is 59.9 Å². The lowest BCUT2D eigenvalue weighted by atomic mass is 10.1. The van der Waals surface area contributed by atoms with Gasteiger partial charge in [0, 0.05) is 19.2 Å². The zero-order chi connectivity index (χ0) is 20.1. The molecule has 0 aliphatic rings. The number of halogens is 3. The molecule has 0 radical (unpaired) electrons. The molecule has 0 N–H and O–H groups in total. The molecule has 0 atom stereocenters. The maximum Gasteiger partial charge on any atom is 0.471 e. The highest BCUT2D eigenvalue weighted by Crippen LogP contribution is 2.29. The third-order valence-electron chi connectivity index (χ3n) is 3.80. The van der Waals surface area contributed by atoms with Gasteiger partial charge in [-0.05, 0) is 17.7 Å². The predicted molar refractivity (Wildman–Crippen MR) is 89.6 cm³/mol. The SMILES string of the molecule is COCC(=O)N(Cc1ccc(-c2noc(C(F)(F)F)n2)cc1)Cc1ccco1. The normalized spacial score (nSPS) is 11.6. The Morgan fingerprint density at radius 1 is 1.18 bits per heavy atom. The number of hydrogen-bond donors (Lipinski definition) is 0. The largest absolute Gasteiger partial charge is 0.471 e. The van der Waals surface area contributed by atoms with Crippen molar-refractivity contribution >= 4 is 5.91 Å². The molecule has 2 heterocycles. The second-order valence-corrected chi connectivity index (χ2v) is 5.88. The molecule has 3 rings (SSSR count). The Hall–Kier alpha value is -3.14. The van der Waals surface area contributed by atoms with Crippen LogP contribution in [0, 0.1) is 0 Å². The van der Waals surface area contributed by atoms with Crippen molar-refractivity contribution in [3.8, 4) is 11.4 Å². The Balaban J connectivity index is 1.73. The highest BCUT2D eigenvalue weighted by molar-refractivity contribution is 5.77. The number of methoxy groups -OCH3 is 1. The number of rotatable bonds is 7. The van der Waals surface area contributed by atoms with E-state index >= 15 is 0 Å². The van der Waals surface area contributed by atoms with Gasteiger partial charge in [-0.3, -0.25) is 4.79 Å². The third kappa shape index (κ3) is 4.77. The Morgan fingerprint density at radius 2 is 1.93 bits per heavy atom. The van der Waals surface area contributed by atoms with E-state index in [0.717, 1.165) is 5.56 Å². The number of ether oxygens (including phenoxy) is 1. The molecule has 3 aromatic rings. The average molecular weight is 395 g/mol. The van der Waals surface area contributed by atoms with Crippen molar-refractivity contribution in [2.24, 2.45) is 0 Å². The topological polar surface area (TPSA) is 81.6 Å². The molecule has 7 nitrogen and oxygen atoms in total. The van der Waals surface area contributed by atoms with E-state index in [4.69, 9.17) is 9.15 Å². The molecule has 10 heteroatoms. The van der Waals surface area contributed by atoms with Gasteiger partial charge in [0.25, 0.3) is 0 Å². The van der Waals surface area contributed by atoms with E-state index < -0.39 is 12.1 Å². The average Bonchev–Trinajstić information content (AvgIpc) is 3.33. The number of carbonyl (C=O) groups is 1. The van der Waals surface area contributed by atoms with Crippen LogP contribution in [0.4, 0.5) is 13.2 Å². The van der Waals surface area contributed by atoms with Gasteiger partial charge in [-0.1, -0.05) is 29.4 Å². The number of benzene rings is 1. The first-order valence-electron chi connectivity index (χ1n) is 8.16. The minimum atomic E-state index is -4.70. The molecule has 1 aromatic carbocycles. The van der Waals surface area contributed by atoms with Crippen LogP contribution >= 0.6 is 0 Å². The smallest absolute Gasteiger partial charge is 0.467 e. The third-order valence-corrected chi connectivity index (χ3v) is 3.80. The van der Waals surface area contributed by atoms with E-state index in [1.54, 1.807) is 41.3 Å². The molecular weight excluding hydrogens is 379 g/mol. The molecule has 0 saturated carbocycles. The van der Waals surface area contributed by atoms with E-state index in [1.165, 1.54) is 13.4 Å². The molecule has 0 saturated heterocycles. The van der Waals surface area contributed by atoms with Crippen LogP contribution in [0.3, 0.4) is 0 Å². The molecule has 0 aliphatic heterocycles. The van der Waals surface area contributed by atoms with Crippen molar-refractivity contribution in [1.82, 2.24) is 15.0 Å². The number of alkyl halides is 3. The number of nitrogens with zero attached hydrogens (tertiary/aromatic N) is 3. The molecule has 0 spiro atoms. The summed E-state index contributed by atoms with van der Waals surface area (Å²) in [6, 6.07) is 9.95. The maximum absolute atomic E-state index is 12.6. The Kier molecular flexibility index (Phi) is 5.78. The van der Waals surface area contributed by atoms with Crippen molar-refractivity contribution in [3.63, 3.8) is 0 Å². The van der Waals surface area contributed by atoms with E-state index in [1.807, 2.05) is 0 Å². The summed E-state index contributed by atoms with van der Waals surface area (Å²) in [5, 5.41) is 3.35. The number of hydrogen-bond acceptors (Lipinski definition) is 6. The first-order chi connectivity index (χ1) is 13.4. The summed E-state index contributed by atoms with van der Waals surface area (Å²) < 4.78 is 52.1. The van der Waals surface area contributed by atoms with Crippen LogP contribution in [-0.2, 0) is 28.8 Å². The van der Waals surface area contributed by atoms with Gasteiger partial charge < -0.3 is 18.6 Å². The summed E-state index contributed by atoms with van der Waals surface area (Å²) in [6.45, 7) is 0.446. The zero-order valence-corrected chi connectivity index (χ0v) is 14.8. The second kappa shape index (κ2) is 8.26. The predicted octanol–water partition coefficient (Wildman–Crippen LogP) is 3.52. The number of furan rings is 1. The van der Waals surface area contributed by atoms with Crippen LogP contribution in [0.2, 0.25) is 0 Å². The first kappa shape index (κ1) is 19.6. The van der Waals surface area contributed by atoms with Crippen molar-refractivity contribution < 1.29 is 31.6 Å². The quantitative estimate of drug-likeness (QED) is 0.609. The maximum atomic E-state index is 12.6. The highest BCUT2D eigenvalue weighted by Gasteiger charge is 2.38. The molecule has 148 valence electrons. The van der Waals surface area contributed by atoms with Gasteiger partial charge in [0.15, 0.2) is 0 Å². The van der Waals surface area contributed by atoms with Gasteiger partial charge in [0.2, 0.25) is 11.7 Å². The lowest BCUT2D eigenvalue weighted by Crippen LogP contribution is -2.32. The van der Waals surface area contributed by atoms with Gasteiger partial charge in [-0.25, -0.2) is 0 Å². The molecule has 28 heavy (non-hydrogen) atoms. The van der Waals surface area contributed by atoms with Gasteiger partial charge in [0.1, 0.15) is 12.4 Å². The van der Waals surface area contributed by atoms with Crippen LogP contribution in [0.5, 0.6) is 0 Å². The lowest BCUT2D eigenvalue weighted by Gasteiger charge is -2.21. The fourth-order valence-corrected chi connectivity index (χ4v) is 2.47. The highest BCUT2D eigenvalue weighted by atomic mass is 19.4. The summed E-state index contributed by atoms with van der Waals surface area (Å²) in [6.07, 6.45) is -3.18. The van der Waals surface area contributed by atoms with Crippen LogP contribution in [0.15, 0.2) is 51.6 Å². The van der Waals surface area contributed by atoms with Gasteiger partial charge in [-0.15, -0.1) is 0 Å². The summed E-state index contributed by atoms with van der Waals surface area (Å²) in [5.41, 5.74) is 1.13. The van der Waals surface area contributed by atoms with Crippen LogP contribution in [-0.4, -0.2) is 34.7 Å². The molecular formula is C18H16F3N3O4. The summed E-state index contributed by atoms with van der Waals surface area (Å²) in [7, 11) is 1.43. The molecule has 2 aromatic heterocycles. The van der Waals surface area contributed by atoms with Crippen molar-refractivity contribution in [2.45, 2.75) is 19.3 Å². The Bertz CT molecular complexity index is 905. The van der Waals surface area contributed by atoms with Gasteiger partial charge in [0.05, 0.1) is 12.8 Å². The second-order valence-electron chi connectivity index (χ2n) is 5.88. The van der Waals surface area contributed by atoms with E-state index in [9.17, 15) is 18.0 Å². The zero-order valence-electron chi connectivity index (χ0n) is 14.8. The lowest BCUT2D eigenvalue weighted by molar-refractivity contribution is -0.159. The Labute approximate surface area is 157 Å². The van der Waals surface area contributed by atoms with E-state index in [0.29, 0.717) is 11.3 Å². The van der Waals surface area contributed by atoms with Crippen LogP contribution in [0.25, 0.3) is 11.4 Å². The molecule has 0 unspecified atom stereocenters. The summed E-state index contributed by atoms with van der Waals surface area (Å²) in [4.78, 5) is 17.2. The van der Waals surface area contributed by atoms with Crippen molar-refractivity contribution in [1.29, 1.82) is 0 Å². The molecule has 0 fully saturated rings. The number of carbonyl (C=O) groups excluding carboxylic acids is 1. The van der Waals surface area contributed by atoms with Crippen molar-refractivity contribution in [2.75, 3.05) is 13.7 Å². The minimum Gasteiger partial charge on any atom is -0.467 e. The van der Waals surface area contributed by atoms with Crippen LogP contribution in [0.1, 0.15) is 17.2 Å². The fraction of sp³-hybridized carbons (Fsp3) is 0.278. The monoisotopic (exact) mass is 395 g/mol. The van der Waals surface area contributed by atoms with Gasteiger partial charge >= 0.3 is 12.1 Å². The molecule has 1 amide bonds. The number of amides is 1. The number of aromatic nitrogens is 2. The van der Waals surface area contributed by atoms with Gasteiger partial charge in [-0.2, -0.15) is 18.2 Å². The summed E-state index contributed by atoms with van der Waals surface area (Å²) >= 11 is 0. The molecule has 0 aliphatic carbocycles. The molecule has 0 bridgehead atoms. The van der Waals surface area contributed by atoms with Crippen LogP contribution < -0.4 is 0 Å². The fourth-order valence-electron chi connectivity index (χ4n) is 2.47. The standard InChI is InChI=1S/C18H16F3N3O4/c1-26-11-15(25)24(10-14-3-2-8-27-14)9-12-4-6-13(7-5-12)16-22-17(28-23-16)18(19,20)21/h2-8H,9-11H2,1H3. The summed E-state index contributed by atoms with van der Waals surface area (Å²) in [5.74, 6) is -1.17. The van der Waals surface area contributed by atoms with E-state index in [-0.39, 0.29) is 31.4 Å². The van der Waals surface area contributed by atoms with E-state index in [2.05, 4.69) is 14.7 Å².